The first-order valence-electron chi connectivity index (χ1n) is 9.18. The predicted molar refractivity (Wildman–Crippen MR) is 97.1 cm³/mol. The van der Waals surface area contributed by atoms with Gasteiger partial charge in [0.25, 0.3) is 5.91 Å². The number of benzene rings is 1. The molecule has 0 radical (unpaired) electrons. The van der Waals surface area contributed by atoms with Crippen molar-refractivity contribution in [2.24, 2.45) is 12.5 Å². The van der Waals surface area contributed by atoms with E-state index in [4.69, 9.17) is 0 Å². The summed E-state index contributed by atoms with van der Waals surface area (Å²) < 4.78 is 2.10. The molecular formula is C20H26N4O. The second kappa shape index (κ2) is 6.64. The van der Waals surface area contributed by atoms with Crippen LogP contribution in [-0.4, -0.2) is 51.4 Å². The SMILES string of the molecule is Cn1ccnc1CN1CCC2(CC1)CCN(C(=O)c1ccccc1)C2. The minimum Gasteiger partial charge on any atom is -0.338 e. The summed E-state index contributed by atoms with van der Waals surface area (Å²) in [7, 11) is 2.05. The smallest absolute Gasteiger partial charge is 0.253 e. The van der Waals surface area contributed by atoms with E-state index in [1.807, 2.05) is 42.7 Å². The van der Waals surface area contributed by atoms with Crippen LogP contribution in [-0.2, 0) is 13.6 Å². The molecule has 1 spiro atoms. The van der Waals surface area contributed by atoms with Gasteiger partial charge in [0.2, 0.25) is 0 Å². The Balaban J connectivity index is 1.34. The lowest BCUT2D eigenvalue weighted by Gasteiger charge is -2.39. The topological polar surface area (TPSA) is 41.4 Å². The van der Waals surface area contributed by atoms with Crippen LogP contribution in [0.5, 0.6) is 0 Å². The van der Waals surface area contributed by atoms with Crippen LogP contribution in [0.1, 0.15) is 35.4 Å². The van der Waals surface area contributed by atoms with Gasteiger partial charge in [0.05, 0.1) is 6.54 Å². The van der Waals surface area contributed by atoms with Gasteiger partial charge in [-0.25, -0.2) is 4.98 Å². The summed E-state index contributed by atoms with van der Waals surface area (Å²) in [5.74, 6) is 1.32. The van der Waals surface area contributed by atoms with Gasteiger partial charge in [-0.3, -0.25) is 9.69 Å². The number of amides is 1. The van der Waals surface area contributed by atoms with Crippen molar-refractivity contribution in [2.45, 2.75) is 25.8 Å². The van der Waals surface area contributed by atoms with Crippen molar-refractivity contribution in [1.29, 1.82) is 0 Å². The molecule has 2 fully saturated rings. The van der Waals surface area contributed by atoms with Gasteiger partial charge in [0, 0.05) is 38.1 Å². The summed E-state index contributed by atoms with van der Waals surface area (Å²) in [6, 6.07) is 9.68. The number of carbonyl (C=O) groups excluding carboxylic acids is 1. The molecule has 1 aromatic heterocycles. The van der Waals surface area contributed by atoms with E-state index in [1.54, 1.807) is 0 Å². The summed E-state index contributed by atoms with van der Waals surface area (Å²) in [4.78, 5) is 21.7. The van der Waals surface area contributed by atoms with E-state index in [-0.39, 0.29) is 5.91 Å². The molecule has 25 heavy (non-hydrogen) atoms. The van der Waals surface area contributed by atoms with Crippen LogP contribution in [0.3, 0.4) is 0 Å². The highest BCUT2D eigenvalue weighted by atomic mass is 16.2. The molecule has 132 valence electrons. The van der Waals surface area contributed by atoms with Gasteiger partial charge < -0.3 is 9.47 Å². The first-order valence-corrected chi connectivity index (χ1v) is 9.18. The lowest BCUT2D eigenvalue weighted by molar-refractivity contribution is 0.0710. The maximum absolute atomic E-state index is 12.7. The van der Waals surface area contributed by atoms with E-state index in [1.165, 1.54) is 12.8 Å². The molecule has 2 saturated heterocycles. The third-order valence-corrected chi connectivity index (χ3v) is 5.95. The van der Waals surface area contributed by atoms with E-state index in [0.717, 1.165) is 50.5 Å². The lowest BCUT2D eigenvalue weighted by Crippen LogP contribution is -2.42. The Hall–Kier alpha value is -2.14. The molecule has 2 aromatic rings. The third kappa shape index (κ3) is 3.33. The molecule has 3 heterocycles. The van der Waals surface area contributed by atoms with E-state index >= 15 is 0 Å². The fourth-order valence-corrected chi connectivity index (χ4v) is 4.21. The Morgan fingerprint density at radius 3 is 2.52 bits per heavy atom. The van der Waals surface area contributed by atoms with Crippen molar-refractivity contribution < 1.29 is 4.79 Å². The molecule has 5 heteroatoms. The van der Waals surface area contributed by atoms with Crippen LogP contribution >= 0.6 is 0 Å². The zero-order chi connectivity index (χ0) is 17.3. The van der Waals surface area contributed by atoms with Gasteiger partial charge in [-0.15, -0.1) is 0 Å². The second-order valence-corrected chi connectivity index (χ2v) is 7.57. The Morgan fingerprint density at radius 2 is 1.84 bits per heavy atom. The molecule has 1 aromatic carbocycles. The third-order valence-electron chi connectivity index (χ3n) is 5.95. The number of rotatable bonds is 3. The van der Waals surface area contributed by atoms with E-state index in [0.29, 0.717) is 5.41 Å². The molecule has 0 N–H and O–H groups in total. The number of imidazole rings is 1. The van der Waals surface area contributed by atoms with Crippen LogP contribution in [0.15, 0.2) is 42.7 Å². The van der Waals surface area contributed by atoms with E-state index < -0.39 is 0 Å². The van der Waals surface area contributed by atoms with Crippen LogP contribution in [0, 0.1) is 5.41 Å². The molecule has 2 aliphatic rings. The minimum atomic E-state index is 0.188. The average molecular weight is 338 g/mol. The molecule has 0 saturated carbocycles. The molecule has 5 nitrogen and oxygen atoms in total. The molecular weight excluding hydrogens is 312 g/mol. The van der Waals surface area contributed by atoms with Gasteiger partial charge in [0.15, 0.2) is 0 Å². The van der Waals surface area contributed by atoms with Gasteiger partial charge in [-0.05, 0) is 49.9 Å². The van der Waals surface area contributed by atoms with E-state index in [2.05, 4.69) is 26.4 Å². The van der Waals surface area contributed by atoms with Crippen molar-refractivity contribution in [3.8, 4) is 0 Å². The van der Waals surface area contributed by atoms with Crippen LogP contribution in [0.25, 0.3) is 0 Å². The first-order chi connectivity index (χ1) is 12.2. The summed E-state index contributed by atoms with van der Waals surface area (Å²) >= 11 is 0. The molecule has 2 aliphatic heterocycles. The molecule has 0 unspecified atom stereocenters. The number of carbonyl (C=O) groups is 1. The highest BCUT2D eigenvalue weighted by Crippen LogP contribution is 2.41. The Bertz CT molecular complexity index is 731. The maximum atomic E-state index is 12.7. The summed E-state index contributed by atoms with van der Waals surface area (Å²) in [5, 5.41) is 0. The fourth-order valence-electron chi connectivity index (χ4n) is 4.21. The predicted octanol–water partition coefficient (Wildman–Crippen LogP) is 2.55. The highest BCUT2D eigenvalue weighted by Gasteiger charge is 2.42. The first kappa shape index (κ1) is 16.3. The molecule has 4 rings (SSSR count). The van der Waals surface area contributed by atoms with Crippen LogP contribution in [0.4, 0.5) is 0 Å². The maximum Gasteiger partial charge on any atom is 0.253 e. The van der Waals surface area contributed by atoms with Gasteiger partial charge in [-0.2, -0.15) is 0 Å². The normalized spacial score (nSPS) is 20.3. The van der Waals surface area contributed by atoms with Crippen molar-refractivity contribution in [3.63, 3.8) is 0 Å². The van der Waals surface area contributed by atoms with Gasteiger partial charge in [0.1, 0.15) is 5.82 Å². The minimum absolute atomic E-state index is 0.188. The largest absolute Gasteiger partial charge is 0.338 e. The zero-order valence-corrected chi connectivity index (χ0v) is 14.9. The number of hydrogen-bond donors (Lipinski definition) is 0. The fraction of sp³-hybridized carbons (Fsp3) is 0.500. The number of piperidine rings is 1. The van der Waals surface area contributed by atoms with Gasteiger partial charge >= 0.3 is 0 Å². The molecule has 0 atom stereocenters. The van der Waals surface area contributed by atoms with Crippen molar-refractivity contribution in [3.05, 3.63) is 54.1 Å². The molecule has 0 bridgehead atoms. The molecule has 0 aliphatic carbocycles. The Kier molecular flexibility index (Phi) is 4.34. The van der Waals surface area contributed by atoms with Crippen LogP contribution < -0.4 is 0 Å². The van der Waals surface area contributed by atoms with E-state index in [9.17, 15) is 4.79 Å². The number of likely N-dealkylation sites (tertiary alicyclic amines) is 2. The number of aromatic nitrogens is 2. The number of hydrogen-bond acceptors (Lipinski definition) is 3. The number of aryl methyl sites for hydroxylation is 1. The number of nitrogens with zero attached hydrogens (tertiary/aromatic N) is 4. The van der Waals surface area contributed by atoms with Crippen molar-refractivity contribution in [1.82, 2.24) is 19.4 Å². The summed E-state index contributed by atoms with van der Waals surface area (Å²) in [6.07, 6.45) is 7.36. The van der Waals surface area contributed by atoms with Crippen molar-refractivity contribution in [2.75, 3.05) is 26.2 Å². The Labute approximate surface area is 149 Å². The quantitative estimate of drug-likeness (QED) is 0.864. The Morgan fingerprint density at radius 1 is 1.12 bits per heavy atom. The summed E-state index contributed by atoms with van der Waals surface area (Å²) in [5.41, 5.74) is 1.13. The van der Waals surface area contributed by atoms with Gasteiger partial charge in [-0.1, -0.05) is 18.2 Å². The van der Waals surface area contributed by atoms with Crippen LogP contribution in [0.2, 0.25) is 0 Å². The standard InChI is InChI=1S/C20H26N4O/c1-22-14-10-21-18(22)15-23-11-7-20(8-12-23)9-13-24(16-20)19(25)17-5-3-2-4-6-17/h2-6,10,14H,7-9,11-13,15-16H2,1H3. The average Bonchev–Trinajstić information content (AvgIpc) is 3.24. The zero-order valence-electron chi connectivity index (χ0n) is 14.9. The lowest BCUT2D eigenvalue weighted by atomic mass is 9.78. The second-order valence-electron chi connectivity index (χ2n) is 7.57. The summed E-state index contributed by atoms with van der Waals surface area (Å²) in [6.45, 7) is 4.93. The van der Waals surface area contributed by atoms with Crippen molar-refractivity contribution >= 4 is 5.91 Å². The monoisotopic (exact) mass is 338 g/mol. The highest BCUT2D eigenvalue weighted by molar-refractivity contribution is 5.94. The molecule has 1 amide bonds.